The van der Waals surface area contributed by atoms with Crippen LogP contribution in [0.2, 0.25) is 0 Å². The number of fused-ring (bicyclic) bond motifs is 5. The van der Waals surface area contributed by atoms with E-state index in [1.165, 1.54) is 44.9 Å². The number of hydrogen-bond acceptors (Lipinski definition) is 1. The van der Waals surface area contributed by atoms with E-state index in [9.17, 15) is 5.11 Å². The Morgan fingerprint density at radius 3 is 2.55 bits per heavy atom. The van der Waals surface area contributed by atoms with Crippen LogP contribution in [0, 0.1) is 34.5 Å². The first-order valence-corrected chi connectivity index (χ1v) is 9.82. The minimum absolute atomic E-state index is 0.191. The van der Waals surface area contributed by atoms with Crippen LogP contribution < -0.4 is 0 Å². The molecule has 7 atom stereocenters. The summed E-state index contributed by atoms with van der Waals surface area (Å²) in [5.41, 5.74) is 0.357. The number of hydrogen-bond donors (Lipinski definition) is 1. The van der Waals surface area contributed by atoms with Crippen LogP contribution in [0.25, 0.3) is 0 Å². The second kappa shape index (κ2) is 4.85. The maximum Gasteiger partial charge on any atom is 0.0701 e. The van der Waals surface area contributed by atoms with Crippen molar-refractivity contribution in [3.8, 4) is 0 Å². The van der Waals surface area contributed by atoms with E-state index in [2.05, 4.69) is 32.9 Å². The lowest BCUT2D eigenvalue weighted by Crippen LogP contribution is -2.55. The van der Waals surface area contributed by atoms with E-state index >= 15 is 0 Å². The minimum Gasteiger partial charge on any atom is -0.389 e. The molecule has 0 saturated heterocycles. The third-order valence-electron chi connectivity index (χ3n) is 9.12. The van der Waals surface area contributed by atoms with Crippen molar-refractivity contribution in [2.24, 2.45) is 34.5 Å². The fourth-order valence-electron chi connectivity index (χ4n) is 7.53. The number of aliphatic hydroxyl groups is 1. The van der Waals surface area contributed by atoms with Gasteiger partial charge in [0.15, 0.2) is 0 Å². The lowest BCUT2D eigenvalue weighted by Gasteiger charge is -2.60. The van der Waals surface area contributed by atoms with Crippen molar-refractivity contribution in [3.05, 3.63) is 12.2 Å². The van der Waals surface area contributed by atoms with Gasteiger partial charge in [-0.25, -0.2) is 0 Å². The van der Waals surface area contributed by atoms with Gasteiger partial charge in [0.2, 0.25) is 0 Å². The van der Waals surface area contributed by atoms with Gasteiger partial charge in [-0.1, -0.05) is 32.9 Å². The molecule has 0 bridgehead atoms. The Bertz CT molecular complexity index is 482. The third kappa shape index (κ3) is 1.75. The predicted molar refractivity (Wildman–Crippen MR) is 91.5 cm³/mol. The Hall–Kier alpha value is -0.300. The Kier molecular flexibility index (Phi) is 3.36. The van der Waals surface area contributed by atoms with Crippen LogP contribution >= 0.6 is 0 Å². The summed E-state index contributed by atoms with van der Waals surface area (Å²) in [4.78, 5) is 0. The molecule has 4 aliphatic carbocycles. The van der Waals surface area contributed by atoms with Crippen LogP contribution in [-0.2, 0) is 0 Å². The molecule has 0 heterocycles. The van der Waals surface area contributed by atoms with E-state index in [-0.39, 0.29) is 11.0 Å². The van der Waals surface area contributed by atoms with E-state index in [0.29, 0.717) is 5.41 Å². The molecule has 3 fully saturated rings. The van der Waals surface area contributed by atoms with Crippen molar-refractivity contribution >= 4 is 0 Å². The maximum absolute atomic E-state index is 11.2. The second-order valence-corrected chi connectivity index (χ2v) is 9.45. The molecule has 1 unspecified atom stereocenters. The summed E-state index contributed by atoms with van der Waals surface area (Å²) in [5.74, 6) is 3.50. The first-order chi connectivity index (χ1) is 10.4. The Morgan fingerprint density at radius 1 is 1.00 bits per heavy atom. The Balaban J connectivity index is 1.67. The highest BCUT2D eigenvalue weighted by Gasteiger charge is 2.63. The van der Waals surface area contributed by atoms with Crippen molar-refractivity contribution in [1.82, 2.24) is 0 Å². The molecular weight excluding hydrogens is 268 g/mol. The molecule has 0 aromatic rings. The SMILES string of the molecule is CCC1(O)CC[C@H]2[C@@H]3CC[C@H]4CC=CC[C@]4(C)[C@H]3CC[C@@]21C. The Labute approximate surface area is 136 Å². The Morgan fingerprint density at radius 2 is 1.77 bits per heavy atom. The van der Waals surface area contributed by atoms with Crippen LogP contribution in [0.5, 0.6) is 0 Å². The third-order valence-corrected chi connectivity index (χ3v) is 9.12. The average Bonchev–Trinajstić information content (AvgIpc) is 2.79. The molecule has 22 heavy (non-hydrogen) atoms. The smallest absolute Gasteiger partial charge is 0.0701 e. The van der Waals surface area contributed by atoms with Gasteiger partial charge in [-0.2, -0.15) is 0 Å². The highest BCUT2D eigenvalue weighted by Crippen LogP contribution is 2.68. The van der Waals surface area contributed by atoms with Gasteiger partial charge in [-0.15, -0.1) is 0 Å². The summed E-state index contributed by atoms with van der Waals surface area (Å²) >= 11 is 0. The molecule has 3 saturated carbocycles. The van der Waals surface area contributed by atoms with Gasteiger partial charge in [-0.3, -0.25) is 0 Å². The summed E-state index contributed by atoms with van der Waals surface area (Å²) < 4.78 is 0. The normalized spacial score (nSPS) is 57.1. The van der Waals surface area contributed by atoms with E-state index in [4.69, 9.17) is 0 Å². The van der Waals surface area contributed by atoms with Crippen LogP contribution in [0.1, 0.15) is 78.6 Å². The van der Waals surface area contributed by atoms with Gasteiger partial charge in [-0.05, 0) is 92.3 Å². The molecule has 0 spiro atoms. The van der Waals surface area contributed by atoms with Crippen molar-refractivity contribution in [2.45, 2.75) is 84.2 Å². The highest BCUT2D eigenvalue weighted by molar-refractivity contribution is 5.15. The van der Waals surface area contributed by atoms with Crippen LogP contribution in [-0.4, -0.2) is 10.7 Å². The predicted octanol–water partition coefficient (Wildman–Crippen LogP) is 5.34. The first kappa shape index (κ1) is 15.2. The minimum atomic E-state index is -0.382. The topological polar surface area (TPSA) is 20.2 Å². The van der Waals surface area contributed by atoms with Gasteiger partial charge in [0.1, 0.15) is 0 Å². The van der Waals surface area contributed by atoms with Gasteiger partial charge in [0.25, 0.3) is 0 Å². The maximum atomic E-state index is 11.2. The summed E-state index contributed by atoms with van der Waals surface area (Å²) in [6.07, 6.45) is 16.3. The zero-order valence-electron chi connectivity index (χ0n) is 14.8. The molecule has 0 aliphatic heterocycles. The highest BCUT2D eigenvalue weighted by atomic mass is 16.3. The molecule has 0 aromatic carbocycles. The van der Waals surface area contributed by atoms with Crippen molar-refractivity contribution in [3.63, 3.8) is 0 Å². The fourth-order valence-corrected chi connectivity index (χ4v) is 7.53. The molecule has 1 heteroatoms. The van der Waals surface area contributed by atoms with Gasteiger partial charge in [0, 0.05) is 0 Å². The summed E-state index contributed by atoms with van der Waals surface area (Å²) in [5, 5.41) is 11.2. The van der Waals surface area contributed by atoms with Crippen molar-refractivity contribution < 1.29 is 5.11 Å². The second-order valence-electron chi connectivity index (χ2n) is 9.45. The lowest BCUT2D eigenvalue weighted by molar-refractivity contribution is -0.145. The summed E-state index contributed by atoms with van der Waals surface area (Å²) in [6.45, 7) is 7.23. The summed E-state index contributed by atoms with van der Waals surface area (Å²) in [6, 6.07) is 0. The van der Waals surface area contributed by atoms with E-state index in [1.807, 2.05) is 0 Å². The van der Waals surface area contributed by atoms with Crippen LogP contribution in [0.15, 0.2) is 12.2 Å². The first-order valence-electron chi connectivity index (χ1n) is 9.82. The van der Waals surface area contributed by atoms with Gasteiger partial charge < -0.3 is 5.11 Å². The quantitative estimate of drug-likeness (QED) is 0.648. The molecule has 4 aliphatic rings. The largest absolute Gasteiger partial charge is 0.389 e. The van der Waals surface area contributed by atoms with E-state index in [1.54, 1.807) is 0 Å². The molecule has 0 amide bonds. The fraction of sp³-hybridized carbons (Fsp3) is 0.905. The number of rotatable bonds is 1. The summed E-state index contributed by atoms with van der Waals surface area (Å²) in [7, 11) is 0. The zero-order chi connectivity index (χ0) is 15.6. The van der Waals surface area contributed by atoms with Gasteiger partial charge in [0.05, 0.1) is 5.60 Å². The molecular formula is C21H34O. The molecule has 1 N–H and O–H groups in total. The van der Waals surface area contributed by atoms with Crippen LogP contribution in [0.3, 0.4) is 0 Å². The molecule has 124 valence electrons. The average molecular weight is 303 g/mol. The van der Waals surface area contributed by atoms with Crippen molar-refractivity contribution in [2.75, 3.05) is 0 Å². The zero-order valence-corrected chi connectivity index (χ0v) is 14.8. The standard InChI is InChI=1S/C21H34O/c1-4-21(22)14-11-18-16-9-8-15-7-5-6-12-19(15,2)17(16)10-13-20(18,21)3/h5-6,15-18,22H,4,7-14H2,1-3H3/t15-,16-,17+,18+,19+,20+,21?/m1/s1. The molecule has 4 rings (SSSR count). The molecule has 1 nitrogen and oxygen atoms in total. The van der Waals surface area contributed by atoms with Crippen molar-refractivity contribution in [1.29, 1.82) is 0 Å². The molecule has 0 aromatic heterocycles. The van der Waals surface area contributed by atoms with E-state index in [0.717, 1.165) is 36.5 Å². The lowest BCUT2D eigenvalue weighted by atomic mass is 9.45. The molecule has 0 radical (unpaired) electrons. The van der Waals surface area contributed by atoms with Crippen LogP contribution in [0.4, 0.5) is 0 Å². The van der Waals surface area contributed by atoms with Gasteiger partial charge >= 0.3 is 0 Å². The van der Waals surface area contributed by atoms with E-state index < -0.39 is 0 Å². The monoisotopic (exact) mass is 302 g/mol. The number of allylic oxidation sites excluding steroid dienone is 2.